The lowest BCUT2D eigenvalue weighted by atomic mass is 10.1. The molecule has 0 radical (unpaired) electrons. The first-order valence-corrected chi connectivity index (χ1v) is 5.37. The zero-order chi connectivity index (χ0) is 12.8. The number of carbonyl (C=O) groups excluding carboxylic acids is 2. The number of carboxylic acid groups (broad SMARTS) is 1. The Balaban J connectivity index is 2.24. The Bertz CT molecular complexity index is 318. The van der Waals surface area contributed by atoms with E-state index in [2.05, 4.69) is 15.4 Å². The van der Waals surface area contributed by atoms with Gasteiger partial charge in [-0.3, -0.25) is 9.59 Å². The molecule has 7 heteroatoms. The summed E-state index contributed by atoms with van der Waals surface area (Å²) in [5, 5.41) is 13.7. The van der Waals surface area contributed by atoms with Gasteiger partial charge in [0.05, 0.1) is 13.0 Å². The molecule has 1 aliphatic carbocycles. The van der Waals surface area contributed by atoms with E-state index in [1.807, 2.05) is 0 Å². The molecule has 0 spiro atoms. The summed E-state index contributed by atoms with van der Waals surface area (Å²) < 4.78 is 4.36. The minimum absolute atomic E-state index is 0.145. The number of hydrogen-bond donors (Lipinski definition) is 3. The topological polar surface area (TPSA) is 105 Å². The molecule has 17 heavy (non-hydrogen) atoms. The van der Waals surface area contributed by atoms with Gasteiger partial charge in [0, 0.05) is 6.04 Å². The van der Waals surface area contributed by atoms with Gasteiger partial charge in [-0.15, -0.1) is 0 Å². The average molecular weight is 244 g/mol. The van der Waals surface area contributed by atoms with Crippen LogP contribution in [0.3, 0.4) is 0 Å². The van der Waals surface area contributed by atoms with Crippen LogP contribution in [0.25, 0.3) is 0 Å². The molecule has 1 saturated carbocycles. The SMILES string of the molecule is COC(=O)CNC(=O)N[C@H]1CC[C@@H](C(=O)O)C1. The molecule has 2 amide bonds. The number of methoxy groups -OCH3 is 1. The first-order valence-electron chi connectivity index (χ1n) is 5.37. The summed E-state index contributed by atoms with van der Waals surface area (Å²) in [5.41, 5.74) is 0. The molecule has 1 rings (SSSR count). The average Bonchev–Trinajstić information content (AvgIpc) is 2.74. The van der Waals surface area contributed by atoms with Gasteiger partial charge in [-0.2, -0.15) is 0 Å². The zero-order valence-corrected chi connectivity index (χ0v) is 9.56. The molecule has 2 atom stereocenters. The third-order valence-electron chi connectivity index (χ3n) is 2.74. The molecule has 0 unspecified atom stereocenters. The third-order valence-corrected chi connectivity index (χ3v) is 2.74. The van der Waals surface area contributed by atoms with E-state index in [9.17, 15) is 14.4 Å². The Morgan fingerprint density at radius 2 is 2.06 bits per heavy atom. The maximum Gasteiger partial charge on any atom is 0.325 e. The molecular weight excluding hydrogens is 228 g/mol. The Labute approximate surface area is 98.5 Å². The zero-order valence-electron chi connectivity index (χ0n) is 9.56. The van der Waals surface area contributed by atoms with Gasteiger partial charge in [0.15, 0.2) is 0 Å². The summed E-state index contributed by atoms with van der Waals surface area (Å²) >= 11 is 0. The molecule has 1 fully saturated rings. The van der Waals surface area contributed by atoms with Gasteiger partial charge in [-0.05, 0) is 19.3 Å². The number of esters is 1. The van der Waals surface area contributed by atoms with E-state index in [0.717, 1.165) is 0 Å². The predicted molar refractivity (Wildman–Crippen MR) is 57.3 cm³/mol. The van der Waals surface area contributed by atoms with Crippen LogP contribution < -0.4 is 10.6 Å². The van der Waals surface area contributed by atoms with E-state index in [4.69, 9.17) is 5.11 Å². The van der Waals surface area contributed by atoms with E-state index < -0.39 is 18.0 Å². The second kappa shape index (κ2) is 6.07. The van der Waals surface area contributed by atoms with Crippen molar-refractivity contribution in [3.05, 3.63) is 0 Å². The summed E-state index contributed by atoms with van der Waals surface area (Å²) in [7, 11) is 1.23. The van der Waals surface area contributed by atoms with Crippen molar-refractivity contribution in [1.82, 2.24) is 10.6 Å². The molecule has 0 bridgehead atoms. The van der Waals surface area contributed by atoms with Crippen LogP contribution in [0.4, 0.5) is 4.79 Å². The summed E-state index contributed by atoms with van der Waals surface area (Å²) in [6.07, 6.45) is 1.64. The van der Waals surface area contributed by atoms with Crippen LogP contribution in [-0.2, 0) is 14.3 Å². The lowest BCUT2D eigenvalue weighted by molar-refractivity contribution is -0.141. The molecule has 0 aliphatic heterocycles. The summed E-state index contributed by atoms with van der Waals surface area (Å²) in [5.74, 6) is -1.75. The van der Waals surface area contributed by atoms with Crippen molar-refractivity contribution in [2.45, 2.75) is 25.3 Å². The lowest BCUT2D eigenvalue weighted by Crippen LogP contribution is -2.43. The van der Waals surface area contributed by atoms with Crippen molar-refractivity contribution in [1.29, 1.82) is 0 Å². The van der Waals surface area contributed by atoms with Gasteiger partial charge in [-0.25, -0.2) is 4.79 Å². The van der Waals surface area contributed by atoms with Crippen molar-refractivity contribution >= 4 is 18.0 Å². The monoisotopic (exact) mass is 244 g/mol. The van der Waals surface area contributed by atoms with Gasteiger partial charge < -0.3 is 20.5 Å². The molecule has 96 valence electrons. The Hall–Kier alpha value is -1.79. The summed E-state index contributed by atoms with van der Waals surface area (Å²) in [6, 6.07) is -0.625. The molecule has 0 heterocycles. The van der Waals surface area contributed by atoms with E-state index in [1.165, 1.54) is 7.11 Å². The molecule has 0 aromatic carbocycles. The highest BCUT2D eigenvalue weighted by Gasteiger charge is 2.30. The maximum atomic E-state index is 11.3. The number of hydrogen-bond acceptors (Lipinski definition) is 4. The fourth-order valence-corrected chi connectivity index (χ4v) is 1.80. The maximum absolute atomic E-state index is 11.3. The van der Waals surface area contributed by atoms with Gasteiger partial charge >= 0.3 is 18.0 Å². The number of aliphatic carboxylic acids is 1. The largest absolute Gasteiger partial charge is 0.481 e. The number of ether oxygens (including phenoxy) is 1. The van der Waals surface area contributed by atoms with Gasteiger partial charge in [0.25, 0.3) is 0 Å². The van der Waals surface area contributed by atoms with Crippen molar-refractivity contribution in [3.63, 3.8) is 0 Å². The molecule has 1 aliphatic rings. The van der Waals surface area contributed by atoms with Crippen LogP contribution in [0.5, 0.6) is 0 Å². The Morgan fingerprint density at radius 3 is 2.59 bits per heavy atom. The van der Waals surface area contributed by atoms with Crippen molar-refractivity contribution in [2.24, 2.45) is 5.92 Å². The van der Waals surface area contributed by atoms with Crippen molar-refractivity contribution in [3.8, 4) is 0 Å². The summed E-state index contributed by atoms with van der Waals surface area (Å²) in [6.45, 7) is -0.197. The smallest absolute Gasteiger partial charge is 0.325 e. The van der Waals surface area contributed by atoms with E-state index in [0.29, 0.717) is 19.3 Å². The second-order valence-electron chi connectivity index (χ2n) is 3.95. The Morgan fingerprint density at radius 1 is 1.35 bits per heavy atom. The van der Waals surface area contributed by atoms with Gasteiger partial charge in [-0.1, -0.05) is 0 Å². The number of urea groups is 1. The lowest BCUT2D eigenvalue weighted by Gasteiger charge is -2.12. The molecule has 0 saturated heterocycles. The molecule has 3 N–H and O–H groups in total. The first kappa shape index (κ1) is 13.3. The van der Waals surface area contributed by atoms with Crippen LogP contribution in [-0.4, -0.2) is 42.8 Å². The minimum atomic E-state index is -0.829. The predicted octanol–water partition coefficient (Wildman–Crippen LogP) is -0.288. The quantitative estimate of drug-likeness (QED) is 0.589. The second-order valence-corrected chi connectivity index (χ2v) is 3.95. The first-order chi connectivity index (χ1) is 8.02. The molecular formula is C10H16N2O5. The summed E-state index contributed by atoms with van der Waals surface area (Å²) in [4.78, 5) is 32.8. The number of nitrogens with one attached hydrogen (secondary N) is 2. The van der Waals surface area contributed by atoms with Crippen molar-refractivity contribution in [2.75, 3.05) is 13.7 Å². The Kier molecular flexibility index (Phi) is 4.74. The van der Waals surface area contributed by atoms with Crippen LogP contribution in [0.1, 0.15) is 19.3 Å². The van der Waals surface area contributed by atoms with Crippen LogP contribution in [0.2, 0.25) is 0 Å². The van der Waals surface area contributed by atoms with Crippen LogP contribution >= 0.6 is 0 Å². The standard InChI is InChI=1S/C10H16N2O5/c1-17-8(13)5-11-10(16)12-7-3-2-6(4-7)9(14)15/h6-7H,2-5H2,1H3,(H,14,15)(H2,11,12,16)/t6-,7+/m1/s1. The fraction of sp³-hybridized carbons (Fsp3) is 0.700. The van der Waals surface area contributed by atoms with Crippen LogP contribution in [0.15, 0.2) is 0 Å². The molecule has 7 nitrogen and oxygen atoms in total. The van der Waals surface area contributed by atoms with E-state index in [1.54, 1.807) is 0 Å². The highest BCUT2D eigenvalue weighted by atomic mass is 16.5. The minimum Gasteiger partial charge on any atom is -0.481 e. The number of amides is 2. The van der Waals surface area contributed by atoms with Gasteiger partial charge in [0.2, 0.25) is 0 Å². The highest BCUT2D eigenvalue weighted by molar-refractivity contribution is 5.81. The number of carbonyl (C=O) groups is 3. The third kappa shape index (κ3) is 4.29. The normalized spacial score (nSPS) is 22.9. The molecule has 0 aromatic rings. The fourth-order valence-electron chi connectivity index (χ4n) is 1.80. The van der Waals surface area contributed by atoms with E-state index in [-0.39, 0.29) is 18.5 Å². The number of rotatable bonds is 4. The van der Waals surface area contributed by atoms with Gasteiger partial charge in [0.1, 0.15) is 6.54 Å². The van der Waals surface area contributed by atoms with Crippen LogP contribution in [0, 0.1) is 5.92 Å². The van der Waals surface area contributed by atoms with E-state index >= 15 is 0 Å². The molecule has 0 aromatic heterocycles. The van der Waals surface area contributed by atoms with Crippen molar-refractivity contribution < 1.29 is 24.2 Å². The number of carboxylic acids is 1. The highest BCUT2D eigenvalue weighted by Crippen LogP contribution is 2.25.